The molecule has 0 aliphatic heterocycles. The first-order chi connectivity index (χ1) is 9.54. The van der Waals surface area contributed by atoms with Gasteiger partial charge in [0.2, 0.25) is 5.91 Å². The molecule has 0 saturated heterocycles. The molecule has 0 radical (unpaired) electrons. The van der Waals surface area contributed by atoms with E-state index in [0.29, 0.717) is 31.4 Å². The van der Waals surface area contributed by atoms with E-state index in [-0.39, 0.29) is 17.9 Å². The van der Waals surface area contributed by atoms with Gasteiger partial charge in [-0.3, -0.25) is 9.59 Å². The van der Waals surface area contributed by atoms with Crippen LogP contribution in [-0.4, -0.2) is 23.0 Å². The molecule has 1 aromatic rings. The van der Waals surface area contributed by atoms with E-state index in [1.54, 1.807) is 0 Å². The van der Waals surface area contributed by atoms with Gasteiger partial charge in [0, 0.05) is 18.2 Å². The van der Waals surface area contributed by atoms with Gasteiger partial charge in [0.05, 0.1) is 5.92 Å². The molecule has 1 amide bonds. The Morgan fingerprint density at radius 1 is 1.25 bits per heavy atom. The predicted molar refractivity (Wildman–Crippen MR) is 76.1 cm³/mol. The second kappa shape index (κ2) is 6.41. The lowest BCUT2D eigenvalue weighted by atomic mass is 10.1. The molecule has 5 nitrogen and oxygen atoms in total. The van der Waals surface area contributed by atoms with Crippen LogP contribution in [0.15, 0.2) is 24.3 Å². The molecule has 2 unspecified atom stereocenters. The summed E-state index contributed by atoms with van der Waals surface area (Å²) in [5.41, 5.74) is 7.39. The number of anilines is 1. The summed E-state index contributed by atoms with van der Waals surface area (Å²) in [6.45, 7) is 0. The van der Waals surface area contributed by atoms with Gasteiger partial charge >= 0.3 is 5.97 Å². The number of carboxylic acids is 1. The topological polar surface area (TPSA) is 92.4 Å². The molecule has 0 spiro atoms. The maximum absolute atomic E-state index is 11.8. The standard InChI is InChI=1S/C15H20N2O3/c16-12-5-1-10(2-6-12)3-8-14(18)17-13-7-4-11(9-13)15(19)20/h1-2,5-6,11,13H,3-4,7-9,16H2,(H,17,18)(H,19,20). The maximum atomic E-state index is 11.8. The molecule has 1 aliphatic carbocycles. The molecule has 2 atom stereocenters. The quantitative estimate of drug-likeness (QED) is 0.712. The van der Waals surface area contributed by atoms with Crippen LogP contribution in [0.2, 0.25) is 0 Å². The highest BCUT2D eigenvalue weighted by Gasteiger charge is 2.30. The minimum Gasteiger partial charge on any atom is -0.481 e. The molecule has 1 aliphatic rings. The van der Waals surface area contributed by atoms with Gasteiger partial charge in [0.15, 0.2) is 0 Å². The van der Waals surface area contributed by atoms with Crippen molar-refractivity contribution < 1.29 is 14.7 Å². The summed E-state index contributed by atoms with van der Waals surface area (Å²) in [5, 5.41) is 11.8. The van der Waals surface area contributed by atoms with E-state index in [1.807, 2.05) is 24.3 Å². The second-order valence-electron chi connectivity index (χ2n) is 5.35. The summed E-state index contributed by atoms with van der Waals surface area (Å²) in [6, 6.07) is 7.48. The van der Waals surface area contributed by atoms with Crippen molar-refractivity contribution in [2.75, 3.05) is 5.73 Å². The maximum Gasteiger partial charge on any atom is 0.306 e. The zero-order chi connectivity index (χ0) is 14.5. The minimum atomic E-state index is -0.761. The van der Waals surface area contributed by atoms with Crippen LogP contribution < -0.4 is 11.1 Å². The van der Waals surface area contributed by atoms with Gasteiger partial charge in [-0.1, -0.05) is 12.1 Å². The Kier molecular flexibility index (Phi) is 4.61. The fourth-order valence-electron chi connectivity index (χ4n) is 2.58. The average Bonchev–Trinajstić information content (AvgIpc) is 2.87. The highest BCUT2D eigenvalue weighted by atomic mass is 16.4. The first kappa shape index (κ1) is 14.4. The van der Waals surface area contributed by atoms with Gasteiger partial charge in [0.1, 0.15) is 0 Å². The zero-order valence-corrected chi connectivity index (χ0v) is 11.3. The fraction of sp³-hybridized carbons (Fsp3) is 0.467. The van der Waals surface area contributed by atoms with E-state index in [1.165, 1.54) is 0 Å². The molecule has 108 valence electrons. The van der Waals surface area contributed by atoms with Gasteiger partial charge in [-0.05, 0) is 43.4 Å². The molecule has 2 rings (SSSR count). The third-order valence-corrected chi connectivity index (χ3v) is 3.77. The smallest absolute Gasteiger partial charge is 0.306 e. The van der Waals surface area contributed by atoms with Crippen LogP contribution >= 0.6 is 0 Å². The monoisotopic (exact) mass is 276 g/mol. The SMILES string of the molecule is Nc1ccc(CCC(=O)NC2CCC(C(=O)O)C2)cc1. The number of hydrogen-bond donors (Lipinski definition) is 3. The van der Waals surface area contributed by atoms with Crippen molar-refractivity contribution in [1.82, 2.24) is 5.32 Å². The lowest BCUT2D eigenvalue weighted by Crippen LogP contribution is -2.33. The van der Waals surface area contributed by atoms with Crippen molar-refractivity contribution in [3.8, 4) is 0 Å². The molecule has 0 bridgehead atoms. The van der Waals surface area contributed by atoms with E-state index >= 15 is 0 Å². The first-order valence-electron chi connectivity index (χ1n) is 6.91. The number of carbonyl (C=O) groups is 2. The van der Waals surface area contributed by atoms with Gasteiger partial charge in [-0.2, -0.15) is 0 Å². The lowest BCUT2D eigenvalue weighted by molar-refractivity contribution is -0.141. The third-order valence-electron chi connectivity index (χ3n) is 3.77. The largest absolute Gasteiger partial charge is 0.481 e. The first-order valence-corrected chi connectivity index (χ1v) is 6.91. The number of aryl methyl sites for hydroxylation is 1. The van der Waals surface area contributed by atoms with Crippen molar-refractivity contribution in [2.24, 2.45) is 5.92 Å². The van der Waals surface area contributed by atoms with Crippen LogP contribution in [0.25, 0.3) is 0 Å². The second-order valence-corrected chi connectivity index (χ2v) is 5.35. The molecule has 0 heterocycles. The van der Waals surface area contributed by atoms with Crippen LogP contribution in [0, 0.1) is 5.92 Å². The summed E-state index contributed by atoms with van der Waals surface area (Å²) in [6.07, 6.45) is 3.03. The highest BCUT2D eigenvalue weighted by Crippen LogP contribution is 2.25. The number of nitrogens with two attached hydrogens (primary N) is 1. The molecule has 4 N–H and O–H groups in total. The van der Waals surface area contributed by atoms with Crippen molar-refractivity contribution in [3.63, 3.8) is 0 Å². The van der Waals surface area contributed by atoms with Gasteiger partial charge in [-0.15, -0.1) is 0 Å². The average molecular weight is 276 g/mol. The lowest BCUT2D eigenvalue weighted by Gasteiger charge is -2.12. The number of benzene rings is 1. The Morgan fingerprint density at radius 3 is 2.55 bits per heavy atom. The number of carbonyl (C=O) groups excluding carboxylic acids is 1. The molecule has 0 aromatic heterocycles. The molecular formula is C15H20N2O3. The molecule has 20 heavy (non-hydrogen) atoms. The van der Waals surface area contributed by atoms with Crippen molar-refractivity contribution >= 4 is 17.6 Å². The van der Waals surface area contributed by atoms with Gasteiger partial charge in [-0.25, -0.2) is 0 Å². The Balaban J connectivity index is 1.73. The predicted octanol–water partition coefficient (Wildman–Crippen LogP) is 1.57. The Hall–Kier alpha value is -2.04. The van der Waals surface area contributed by atoms with E-state index in [4.69, 9.17) is 10.8 Å². The van der Waals surface area contributed by atoms with Crippen LogP contribution in [-0.2, 0) is 16.0 Å². The Morgan fingerprint density at radius 2 is 1.95 bits per heavy atom. The number of aliphatic carboxylic acids is 1. The molecule has 5 heteroatoms. The van der Waals surface area contributed by atoms with Crippen molar-refractivity contribution in [2.45, 2.75) is 38.1 Å². The number of carboxylic acid groups (broad SMARTS) is 1. The normalized spacial score (nSPS) is 21.6. The van der Waals surface area contributed by atoms with E-state index in [2.05, 4.69) is 5.32 Å². The number of hydrogen-bond acceptors (Lipinski definition) is 3. The summed E-state index contributed by atoms with van der Waals surface area (Å²) in [4.78, 5) is 22.7. The number of rotatable bonds is 5. The van der Waals surface area contributed by atoms with E-state index in [0.717, 1.165) is 12.0 Å². The van der Waals surface area contributed by atoms with E-state index in [9.17, 15) is 9.59 Å². The summed E-state index contributed by atoms with van der Waals surface area (Å²) < 4.78 is 0. The molecule has 1 aromatic carbocycles. The summed E-state index contributed by atoms with van der Waals surface area (Å²) >= 11 is 0. The minimum absolute atomic E-state index is 0.00928. The van der Waals surface area contributed by atoms with E-state index < -0.39 is 5.97 Å². The molecular weight excluding hydrogens is 256 g/mol. The van der Waals surface area contributed by atoms with Crippen LogP contribution in [0.5, 0.6) is 0 Å². The number of nitrogen functional groups attached to an aromatic ring is 1. The van der Waals surface area contributed by atoms with Crippen molar-refractivity contribution in [1.29, 1.82) is 0 Å². The van der Waals surface area contributed by atoms with Crippen LogP contribution in [0.4, 0.5) is 5.69 Å². The molecule has 1 fully saturated rings. The third kappa shape index (κ3) is 3.98. The zero-order valence-electron chi connectivity index (χ0n) is 11.3. The number of amides is 1. The highest BCUT2D eigenvalue weighted by molar-refractivity contribution is 5.77. The number of nitrogens with one attached hydrogen (secondary N) is 1. The van der Waals surface area contributed by atoms with Crippen LogP contribution in [0.3, 0.4) is 0 Å². The molecule has 1 saturated carbocycles. The Bertz CT molecular complexity index is 484. The van der Waals surface area contributed by atoms with Gasteiger partial charge in [0.25, 0.3) is 0 Å². The van der Waals surface area contributed by atoms with Crippen LogP contribution in [0.1, 0.15) is 31.2 Å². The summed E-state index contributed by atoms with van der Waals surface area (Å²) in [7, 11) is 0. The summed E-state index contributed by atoms with van der Waals surface area (Å²) in [5.74, 6) is -1.08. The van der Waals surface area contributed by atoms with Crippen molar-refractivity contribution in [3.05, 3.63) is 29.8 Å². The Labute approximate surface area is 118 Å². The van der Waals surface area contributed by atoms with Gasteiger partial charge < -0.3 is 16.2 Å². The fourth-order valence-corrected chi connectivity index (χ4v) is 2.58.